The van der Waals surface area contributed by atoms with Gasteiger partial charge in [0.1, 0.15) is 0 Å². The van der Waals surface area contributed by atoms with Crippen molar-refractivity contribution in [2.24, 2.45) is 17.6 Å². The third-order valence-corrected chi connectivity index (χ3v) is 7.59. The molecule has 1 aromatic carbocycles. The maximum atomic E-state index is 12.3. The molecule has 150 valence electrons. The van der Waals surface area contributed by atoms with E-state index in [1.54, 1.807) is 0 Å². The molecule has 2 aromatic rings. The number of unbranched alkanes of at least 4 members (excludes halogenated alkanes) is 2. The topological polar surface area (TPSA) is 81.1 Å². The van der Waals surface area contributed by atoms with Crippen molar-refractivity contribution in [1.82, 2.24) is 9.78 Å². The maximum Gasteiger partial charge on any atom is 0.269 e. The van der Waals surface area contributed by atoms with E-state index in [0.717, 1.165) is 68.8 Å². The van der Waals surface area contributed by atoms with Gasteiger partial charge in [-0.1, -0.05) is 31.9 Å². The summed E-state index contributed by atoms with van der Waals surface area (Å²) in [5.74, 6) is 0.742. The summed E-state index contributed by atoms with van der Waals surface area (Å²) >= 11 is 0. The molecule has 0 radical (unpaired) electrons. The van der Waals surface area contributed by atoms with Crippen molar-refractivity contribution in [3.63, 3.8) is 0 Å². The van der Waals surface area contributed by atoms with Crippen molar-refractivity contribution < 1.29 is 9.90 Å². The van der Waals surface area contributed by atoms with E-state index in [-0.39, 0.29) is 5.41 Å². The van der Waals surface area contributed by atoms with Gasteiger partial charge in [0, 0.05) is 11.9 Å². The monoisotopic (exact) mass is 381 g/mol. The molecular formula is C23H31N3O2. The van der Waals surface area contributed by atoms with E-state index in [2.05, 4.69) is 30.2 Å². The van der Waals surface area contributed by atoms with Crippen LogP contribution in [0.1, 0.15) is 80.8 Å². The van der Waals surface area contributed by atoms with Gasteiger partial charge in [-0.25, -0.2) is 0 Å². The molecule has 2 unspecified atom stereocenters. The van der Waals surface area contributed by atoms with Gasteiger partial charge in [0.15, 0.2) is 5.69 Å². The first-order valence-electron chi connectivity index (χ1n) is 11.0. The van der Waals surface area contributed by atoms with Gasteiger partial charge in [-0.3, -0.25) is 9.48 Å². The highest BCUT2D eigenvalue weighted by Crippen LogP contribution is 2.63. The Kier molecular flexibility index (Phi) is 4.10. The van der Waals surface area contributed by atoms with Crippen LogP contribution in [0.25, 0.3) is 10.9 Å². The second-order valence-corrected chi connectivity index (χ2v) is 9.81. The van der Waals surface area contributed by atoms with Crippen LogP contribution in [0.15, 0.2) is 18.2 Å². The van der Waals surface area contributed by atoms with Gasteiger partial charge in [0.25, 0.3) is 5.91 Å². The summed E-state index contributed by atoms with van der Waals surface area (Å²) in [6, 6.07) is 6.34. The number of nitrogens with zero attached hydrogens (tertiary/aromatic N) is 2. The van der Waals surface area contributed by atoms with E-state index in [1.165, 1.54) is 12.0 Å². The number of fused-ring (bicyclic) bond motifs is 1. The molecule has 4 aliphatic rings. The Hall–Kier alpha value is -1.88. The highest BCUT2D eigenvalue weighted by Gasteiger charge is 2.58. The highest BCUT2D eigenvalue weighted by molar-refractivity contribution is 6.05. The first kappa shape index (κ1) is 18.2. The number of amides is 1. The Bertz CT molecular complexity index is 917. The molecule has 0 saturated heterocycles. The standard InChI is InChI=1S/C23H31N3O2/c1-2-3-4-8-26-18-7-5-6-17(19(18)20(25-26)21(24)27)22-10-15-9-16(11-22)13-23(28,12-15)14-22/h5-7,15-16,28H,2-4,8-14H2,1H3,(H2,24,27). The second kappa shape index (κ2) is 6.31. The predicted molar refractivity (Wildman–Crippen MR) is 109 cm³/mol. The summed E-state index contributed by atoms with van der Waals surface area (Å²) < 4.78 is 1.98. The minimum Gasteiger partial charge on any atom is -0.390 e. The summed E-state index contributed by atoms with van der Waals surface area (Å²) in [6.45, 7) is 3.00. The average molecular weight is 382 g/mol. The molecule has 2 atom stereocenters. The van der Waals surface area contributed by atoms with Crippen LogP contribution in [0.3, 0.4) is 0 Å². The van der Waals surface area contributed by atoms with Gasteiger partial charge in [0.05, 0.1) is 11.1 Å². The summed E-state index contributed by atoms with van der Waals surface area (Å²) in [5, 5.41) is 16.8. The molecule has 4 saturated carbocycles. The number of benzene rings is 1. The Morgan fingerprint density at radius 2 is 2.00 bits per heavy atom. The summed E-state index contributed by atoms with van der Waals surface area (Å²) in [4.78, 5) is 12.3. The van der Waals surface area contributed by atoms with E-state index in [4.69, 9.17) is 5.73 Å². The van der Waals surface area contributed by atoms with Gasteiger partial charge in [0.2, 0.25) is 0 Å². The van der Waals surface area contributed by atoms with Crippen molar-refractivity contribution in [1.29, 1.82) is 0 Å². The lowest BCUT2D eigenvalue weighted by atomic mass is 9.46. The molecule has 5 nitrogen and oxygen atoms in total. The second-order valence-electron chi connectivity index (χ2n) is 9.81. The lowest BCUT2D eigenvalue weighted by Crippen LogP contribution is -2.57. The minimum atomic E-state index is -0.531. The first-order valence-corrected chi connectivity index (χ1v) is 11.0. The number of hydrogen-bond acceptors (Lipinski definition) is 3. The highest BCUT2D eigenvalue weighted by atomic mass is 16.3. The van der Waals surface area contributed by atoms with E-state index in [9.17, 15) is 9.90 Å². The van der Waals surface area contributed by atoms with Gasteiger partial charge < -0.3 is 10.8 Å². The largest absolute Gasteiger partial charge is 0.390 e. The van der Waals surface area contributed by atoms with E-state index in [1.807, 2.05) is 4.68 Å². The number of primary amides is 1. The van der Waals surface area contributed by atoms with Gasteiger partial charge >= 0.3 is 0 Å². The van der Waals surface area contributed by atoms with E-state index in [0.29, 0.717) is 17.5 Å². The molecule has 1 heterocycles. The number of hydrogen-bond donors (Lipinski definition) is 2. The lowest BCUT2D eigenvalue weighted by molar-refractivity contribution is -0.136. The predicted octanol–water partition coefficient (Wildman–Crippen LogP) is 3.91. The molecule has 4 fully saturated rings. The van der Waals surface area contributed by atoms with Crippen molar-refractivity contribution >= 4 is 16.8 Å². The zero-order chi connectivity index (χ0) is 19.5. The molecule has 4 bridgehead atoms. The smallest absolute Gasteiger partial charge is 0.269 e. The van der Waals surface area contributed by atoms with Crippen molar-refractivity contribution in [3.05, 3.63) is 29.5 Å². The average Bonchev–Trinajstić information content (AvgIpc) is 2.99. The van der Waals surface area contributed by atoms with Crippen LogP contribution in [-0.4, -0.2) is 26.4 Å². The zero-order valence-corrected chi connectivity index (χ0v) is 16.8. The van der Waals surface area contributed by atoms with Crippen LogP contribution in [0.4, 0.5) is 0 Å². The number of carbonyl (C=O) groups is 1. The fourth-order valence-electron chi connectivity index (χ4n) is 7.05. The van der Waals surface area contributed by atoms with E-state index < -0.39 is 11.5 Å². The third-order valence-electron chi connectivity index (χ3n) is 7.59. The van der Waals surface area contributed by atoms with Crippen LogP contribution in [0.5, 0.6) is 0 Å². The molecule has 1 aromatic heterocycles. The quantitative estimate of drug-likeness (QED) is 0.745. The molecule has 6 rings (SSSR count). The number of aliphatic hydroxyl groups is 1. The zero-order valence-electron chi connectivity index (χ0n) is 16.8. The van der Waals surface area contributed by atoms with E-state index >= 15 is 0 Å². The number of aromatic nitrogens is 2. The molecular weight excluding hydrogens is 350 g/mol. The minimum absolute atomic E-state index is 0.0418. The molecule has 0 spiro atoms. The van der Waals surface area contributed by atoms with Crippen LogP contribution < -0.4 is 5.73 Å². The number of nitrogens with two attached hydrogens (primary N) is 1. The molecule has 4 aliphatic carbocycles. The molecule has 0 aliphatic heterocycles. The Morgan fingerprint density at radius 1 is 1.25 bits per heavy atom. The fraction of sp³-hybridized carbons (Fsp3) is 0.652. The number of rotatable bonds is 6. The molecule has 3 N–H and O–H groups in total. The Morgan fingerprint density at radius 3 is 2.64 bits per heavy atom. The summed E-state index contributed by atoms with van der Waals surface area (Å²) in [5.41, 5.74) is 7.82. The van der Waals surface area contributed by atoms with Crippen LogP contribution in [0.2, 0.25) is 0 Å². The van der Waals surface area contributed by atoms with Crippen LogP contribution in [-0.2, 0) is 12.0 Å². The van der Waals surface area contributed by atoms with Crippen LogP contribution >= 0.6 is 0 Å². The lowest BCUT2D eigenvalue weighted by Gasteiger charge is -2.60. The number of aryl methyl sites for hydroxylation is 1. The Labute approximate surface area is 166 Å². The fourth-order valence-corrected chi connectivity index (χ4v) is 7.05. The summed E-state index contributed by atoms with van der Waals surface area (Å²) in [6.07, 6.45) is 9.52. The SMILES string of the molecule is CCCCCn1nc(C(N)=O)c2c(C34CC5CC(CC(O)(C5)C3)C4)cccc21. The summed E-state index contributed by atoms with van der Waals surface area (Å²) in [7, 11) is 0. The molecule has 5 heteroatoms. The molecule has 1 amide bonds. The van der Waals surface area contributed by atoms with Gasteiger partial charge in [-0.15, -0.1) is 0 Å². The van der Waals surface area contributed by atoms with Gasteiger partial charge in [-0.05, 0) is 73.8 Å². The Balaban J connectivity index is 1.65. The molecule has 28 heavy (non-hydrogen) atoms. The van der Waals surface area contributed by atoms with Crippen LogP contribution in [0, 0.1) is 11.8 Å². The normalized spacial score (nSPS) is 33.6. The third kappa shape index (κ3) is 2.70. The van der Waals surface area contributed by atoms with Crippen molar-refractivity contribution in [2.45, 2.75) is 82.3 Å². The number of carbonyl (C=O) groups excluding carboxylic acids is 1. The first-order chi connectivity index (χ1) is 13.4. The van der Waals surface area contributed by atoms with Crippen molar-refractivity contribution in [2.75, 3.05) is 0 Å². The van der Waals surface area contributed by atoms with Crippen molar-refractivity contribution in [3.8, 4) is 0 Å². The van der Waals surface area contributed by atoms with Gasteiger partial charge in [-0.2, -0.15) is 5.10 Å². The maximum absolute atomic E-state index is 12.3.